The standard InChI is InChI=1S/C18H19F3N2OS/c1-13-12-25-17(23-13)7-2-3-10-22-16(24)9-8-14-5-4-6-15(11-14)18(19,20)21/h4-6,8-9,11-12H,2-3,7,10H2,1H3,(H,22,24)/b9-8+. The van der Waals surface area contributed by atoms with Gasteiger partial charge in [-0.25, -0.2) is 4.98 Å². The van der Waals surface area contributed by atoms with Crippen LogP contribution in [0.2, 0.25) is 0 Å². The van der Waals surface area contributed by atoms with Gasteiger partial charge in [0.25, 0.3) is 0 Å². The largest absolute Gasteiger partial charge is 0.416 e. The van der Waals surface area contributed by atoms with E-state index in [1.54, 1.807) is 11.3 Å². The van der Waals surface area contributed by atoms with E-state index in [1.807, 2.05) is 12.3 Å². The number of halogens is 3. The molecule has 1 aromatic heterocycles. The average molecular weight is 368 g/mol. The van der Waals surface area contributed by atoms with Crippen molar-refractivity contribution in [2.24, 2.45) is 0 Å². The van der Waals surface area contributed by atoms with E-state index in [2.05, 4.69) is 10.3 Å². The summed E-state index contributed by atoms with van der Waals surface area (Å²) >= 11 is 1.63. The highest BCUT2D eigenvalue weighted by Gasteiger charge is 2.30. The molecule has 1 amide bonds. The van der Waals surface area contributed by atoms with Gasteiger partial charge in [-0.15, -0.1) is 11.3 Å². The maximum atomic E-state index is 12.6. The van der Waals surface area contributed by atoms with Crippen LogP contribution in [0.5, 0.6) is 0 Å². The van der Waals surface area contributed by atoms with Crippen molar-refractivity contribution in [1.29, 1.82) is 0 Å². The van der Waals surface area contributed by atoms with E-state index in [0.717, 1.165) is 42.1 Å². The van der Waals surface area contributed by atoms with E-state index in [1.165, 1.54) is 24.3 Å². The number of hydrogen-bond acceptors (Lipinski definition) is 3. The summed E-state index contributed by atoms with van der Waals surface area (Å²) < 4.78 is 37.9. The fourth-order valence-corrected chi connectivity index (χ4v) is 3.00. The summed E-state index contributed by atoms with van der Waals surface area (Å²) in [6, 6.07) is 4.86. The van der Waals surface area contributed by atoms with Gasteiger partial charge in [0, 0.05) is 23.7 Å². The van der Waals surface area contributed by atoms with Gasteiger partial charge in [0.1, 0.15) is 0 Å². The SMILES string of the molecule is Cc1csc(CCCCNC(=O)/C=C/c2cccc(C(F)(F)F)c2)n1. The topological polar surface area (TPSA) is 42.0 Å². The van der Waals surface area contributed by atoms with Gasteiger partial charge in [-0.2, -0.15) is 13.2 Å². The Balaban J connectivity index is 1.72. The molecule has 0 atom stereocenters. The summed E-state index contributed by atoms with van der Waals surface area (Å²) in [5, 5.41) is 5.82. The van der Waals surface area contributed by atoms with E-state index in [9.17, 15) is 18.0 Å². The van der Waals surface area contributed by atoms with Gasteiger partial charge >= 0.3 is 6.18 Å². The second-order valence-electron chi connectivity index (χ2n) is 5.59. The lowest BCUT2D eigenvalue weighted by molar-refractivity contribution is -0.137. The zero-order valence-corrected chi connectivity index (χ0v) is 14.6. The van der Waals surface area contributed by atoms with Crippen LogP contribution in [0.25, 0.3) is 6.08 Å². The Morgan fingerprint density at radius 1 is 1.32 bits per heavy atom. The van der Waals surface area contributed by atoms with Gasteiger partial charge in [-0.3, -0.25) is 4.79 Å². The van der Waals surface area contributed by atoms with Crippen LogP contribution >= 0.6 is 11.3 Å². The molecule has 1 aromatic carbocycles. The Hall–Kier alpha value is -2.15. The number of aromatic nitrogens is 1. The molecule has 3 nitrogen and oxygen atoms in total. The molecule has 134 valence electrons. The molecule has 2 rings (SSSR count). The average Bonchev–Trinajstić information content (AvgIpc) is 2.97. The van der Waals surface area contributed by atoms with E-state index in [-0.39, 0.29) is 5.91 Å². The number of nitrogens with one attached hydrogen (secondary N) is 1. The summed E-state index contributed by atoms with van der Waals surface area (Å²) in [5.41, 5.74) is 0.629. The van der Waals surface area contributed by atoms with Crippen LogP contribution in [-0.4, -0.2) is 17.4 Å². The third kappa shape index (κ3) is 6.70. The highest BCUT2D eigenvalue weighted by Crippen LogP contribution is 2.29. The van der Waals surface area contributed by atoms with Crippen molar-refractivity contribution >= 4 is 23.3 Å². The number of alkyl halides is 3. The lowest BCUT2D eigenvalue weighted by Gasteiger charge is -2.06. The van der Waals surface area contributed by atoms with Crippen molar-refractivity contribution in [1.82, 2.24) is 10.3 Å². The second kappa shape index (κ2) is 8.80. The van der Waals surface area contributed by atoms with E-state index >= 15 is 0 Å². The normalized spacial score (nSPS) is 11.8. The lowest BCUT2D eigenvalue weighted by Crippen LogP contribution is -2.22. The predicted octanol–water partition coefficient (Wildman–Crippen LogP) is 4.62. The van der Waals surface area contributed by atoms with Crippen LogP contribution in [0.3, 0.4) is 0 Å². The van der Waals surface area contributed by atoms with Crippen LogP contribution in [0.1, 0.15) is 34.7 Å². The summed E-state index contributed by atoms with van der Waals surface area (Å²) in [6.07, 6.45) is 0.867. The number of thiazole rings is 1. The maximum absolute atomic E-state index is 12.6. The Morgan fingerprint density at radius 2 is 2.12 bits per heavy atom. The van der Waals surface area contributed by atoms with Gasteiger partial charge in [-0.1, -0.05) is 12.1 Å². The number of benzene rings is 1. The first-order chi connectivity index (χ1) is 11.8. The number of hydrogen-bond donors (Lipinski definition) is 1. The second-order valence-corrected chi connectivity index (χ2v) is 6.53. The number of aryl methyl sites for hydroxylation is 2. The van der Waals surface area contributed by atoms with Crippen molar-refractivity contribution in [3.05, 3.63) is 57.6 Å². The molecule has 0 aliphatic rings. The third-order valence-corrected chi connectivity index (χ3v) is 4.45. The quantitative estimate of drug-likeness (QED) is 0.572. The molecule has 0 saturated heterocycles. The van der Waals surface area contributed by atoms with Gasteiger partial charge in [0.2, 0.25) is 5.91 Å². The summed E-state index contributed by atoms with van der Waals surface area (Å²) in [7, 11) is 0. The fraction of sp³-hybridized carbons (Fsp3) is 0.333. The zero-order chi connectivity index (χ0) is 18.3. The highest BCUT2D eigenvalue weighted by atomic mass is 32.1. The molecule has 1 N–H and O–H groups in total. The van der Waals surface area contributed by atoms with Crippen molar-refractivity contribution in [3.8, 4) is 0 Å². The highest BCUT2D eigenvalue weighted by molar-refractivity contribution is 7.09. The minimum atomic E-state index is -4.39. The van der Waals surface area contributed by atoms with Crippen LogP contribution in [0.4, 0.5) is 13.2 Å². The first kappa shape index (κ1) is 19.2. The molecule has 0 fully saturated rings. The molecule has 0 bridgehead atoms. The summed E-state index contributed by atoms with van der Waals surface area (Å²) in [4.78, 5) is 16.1. The molecule has 0 unspecified atom stereocenters. The predicted molar refractivity (Wildman–Crippen MR) is 93.3 cm³/mol. The number of amides is 1. The minimum Gasteiger partial charge on any atom is -0.353 e. The van der Waals surface area contributed by atoms with Gasteiger partial charge in [0.15, 0.2) is 0 Å². The molecule has 0 spiro atoms. The van der Waals surface area contributed by atoms with Crippen LogP contribution in [-0.2, 0) is 17.4 Å². The molecule has 0 aliphatic carbocycles. The van der Waals surface area contributed by atoms with Gasteiger partial charge in [0.05, 0.1) is 10.6 Å². The molecule has 0 saturated carbocycles. The van der Waals surface area contributed by atoms with Crippen LogP contribution in [0.15, 0.2) is 35.7 Å². The molecule has 0 radical (unpaired) electrons. The summed E-state index contributed by atoms with van der Waals surface area (Å²) in [6.45, 7) is 2.48. The number of nitrogens with zero attached hydrogens (tertiary/aromatic N) is 1. The van der Waals surface area contributed by atoms with Gasteiger partial charge < -0.3 is 5.32 Å². The van der Waals surface area contributed by atoms with Crippen molar-refractivity contribution in [2.75, 3.05) is 6.54 Å². The zero-order valence-electron chi connectivity index (χ0n) is 13.8. The van der Waals surface area contributed by atoms with E-state index in [0.29, 0.717) is 12.1 Å². The minimum absolute atomic E-state index is 0.317. The third-order valence-electron chi connectivity index (χ3n) is 3.42. The molecule has 1 heterocycles. The molecule has 25 heavy (non-hydrogen) atoms. The molecule has 7 heteroatoms. The van der Waals surface area contributed by atoms with Crippen molar-refractivity contribution in [2.45, 2.75) is 32.4 Å². The Labute approximate surface area is 148 Å². The Kier molecular flexibility index (Phi) is 6.75. The molecule has 2 aromatic rings. The lowest BCUT2D eigenvalue weighted by atomic mass is 10.1. The van der Waals surface area contributed by atoms with Crippen molar-refractivity contribution in [3.63, 3.8) is 0 Å². The van der Waals surface area contributed by atoms with Crippen molar-refractivity contribution < 1.29 is 18.0 Å². The number of unbranched alkanes of at least 4 members (excludes halogenated alkanes) is 1. The first-order valence-corrected chi connectivity index (χ1v) is 8.77. The Bertz CT molecular complexity index is 738. The smallest absolute Gasteiger partial charge is 0.353 e. The fourth-order valence-electron chi connectivity index (χ4n) is 2.18. The maximum Gasteiger partial charge on any atom is 0.416 e. The molecule has 0 aliphatic heterocycles. The monoisotopic (exact) mass is 368 g/mol. The first-order valence-electron chi connectivity index (χ1n) is 7.89. The molecular formula is C18H19F3N2OS. The van der Waals surface area contributed by atoms with Crippen LogP contribution < -0.4 is 5.32 Å². The Morgan fingerprint density at radius 3 is 2.80 bits per heavy atom. The van der Waals surface area contributed by atoms with E-state index in [4.69, 9.17) is 0 Å². The van der Waals surface area contributed by atoms with Crippen LogP contribution in [0, 0.1) is 6.92 Å². The molecular weight excluding hydrogens is 349 g/mol. The summed E-state index contributed by atoms with van der Waals surface area (Å²) in [5.74, 6) is -0.317. The number of carbonyl (C=O) groups is 1. The van der Waals surface area contributed by atoms with Gasteiger partial charge in [-0.05, 0) is 50.0 Å². The number of rotatable bonds is 7. The van der Waals surface area contributed by atoms with E-state index < -0.39 is 11.7 Å². The number of carbonyl (C=O) groups excluding carboxylic acids is 1.